The van der Waals surface area contributed by atoms with Gasteiger partial charge in [0.05, 0.1) is 18.3 Å². The molecule has 10 heteroatoms. The highest BCUT2D eigenvalue weighted by atomic mass is 35.5. The Hall–Kier alpha value is -3.04. The Morgan fingerprint density at radius 1 is 1.33 bits per heavy atom. The van der Waals surface area contributed by atoms with Gasteiger partial charge in [0.15, 0.2) is 0 Å². The number of aliphatic imine (C=N–C) groups is 1. The molecule has 0 unspecified atom stereocenters. The third-order valence-electron chi connectivity index (χ3n) is 5.81. The van der Waals surface area contributed by atoms with Crippen LogP contribution in [0.25, 0.3) is 11.3 Å². The minimum absolute atomic E-state index is 0.155. The standard InChI is InChI=1S/C23H26ClFN6O2/c1-13-11-31(12-19(33-13)14(9-26)10-27-2)23-28-20(16-5-4-15(24)8-18(16)25)17-6-7-30(3)22(32)21(17)29-23/h4-5,8-10,13,19H,6-7,11-12,26H2,1-3H3/b14-9+,27-10?/t13-,19-/m1/s1. The van der Waals surface area contributed by atoms with E-state index in [1.54, 1.807) is 37.3 Å². The zero-order valence-electron chi connectivity index (χ0n) is 18.8. The van der Waals surface area contributed by atoms with Gasteiger partial charge in [-0.2, -0.15) is 0 Å². The molecule has 4 rings (SSSR count). The Labute approximate surface area is 196 Å². The summed E-state index contributed by atoms with van der Waals surface area (Å²) in [6, 6.07) is 4.45. The van der Waals surface area contributed by atoms with E-state index in [9.17, 15) is 9.18 Å². The molecule has 0 radical (unpaired) electrons. The van der Waals surface area contributed by atoms with Crippen molar-refractivity contribution in [2.75, 3.05) is 38.6 Å². The number of ether oxygens (including phenoxy) is 1. The molecule has 1 saturated heterocycles. The van der Waals surface area contributed by atoms with E-state index in [0.717, 1.165) is 5.57 Å². The summed E-state index contributed by atoms with van der Waals surface area (Å²) >= 11 is 5.96. The van der Waals surface area contributed by atoms with Crippen molar-refractivity contribution in [3.8, 4) is 11.3 Å². The molecule has 3 heterocycles. The molecule has 0 saturated carbocycles. The van der Waals surface area contributed by atoms with Crippen LogP contribution in [0.15, 0.2) is 35.0 Å². The van der Waals surface area contributed by atoms with E-state index >= 15 is 0 Å². The second kappa shape index (κ2) is 9.44. The Morgan fingerprint density at radius 3 is 2.79 bits per heavy atom. The monoisotopic (exact) mass is 472 g/mol. The molecule has 2 aliphatic rings. The number of halogens is 2. The lowest BCUT2D eigenvalue weighted by atomic mass is 9.98. The zero-order valence-corrected chi connectivity index (χ0v) is 19.5. The van der Waals surface area contributed by atoms with Crippen molar-refractivity contribution in [2.24, 2.45) is 10.7 Å². The van der Waals surface area contributed by atoms with Gasteiger partial charge in [-0.3, -0.25) is 9.79 Å². The van der Waals surface area contributed by atoms with Gasteiger partial charge in [-0.05, 0) is 31.5 Å². The second-order valence-electron chi connectivity index (χ2n) is 8.19. The van der Waals surface area contributed by atoms with Crippen molar-refractivity contribution >= 4 is 29.7 Å². The highest BCUT2D eigenvalue weighted by Crippen LogP contribution is 2.33. The van der Waals surface area contributed by atoms with Crippen LogP contribution in [0.4, 0.5) is 10.3 Å². The zero-order chi connectivity index (χ0) is 23.7. The number of hydrogen-bond acceptors (Lipinski definition) is 7. The summed E-state index contributed by atoms with van der Waals surface area (Å²) in [6.07, 6.45) is 3.15. The van der Waals surface area contributed by atoms with E-state index in [1.165, 1.54) is 12.3 Å². The van der Waals surface area contributed by atoms with Crippen LogP contribution in [0.2, 0.25) is 5.02 Å². The Balaban J connectivity index is 1.83. The van der Waals surface area contributed by atoms with Gasteiger partial charge >= 0.3 is 0 Å². The molecule has 1 aromatic carbocycles. The molecule has 2 N–H and O–H groups in total. The number of fused-ring (bicyclic) bond motifs is 1. The van der Waals surface area contributed by atoms with E-state index in [0.29, 0.717) is 54.0 Å². The Morgan fingerprint density at radius 2 is 2.09 bits per heavy atom. The summed E-state index contributed by atoms with van der Waals surface area (Å²) in [7, 11) is 3.39. The van der Waals surface area contributed by atoms with Gasteiger partial charge < -0.3 is 20.3 Å². The van der Waals surface area contributed by atoms with Crippen LogP contribution >= 0.6 is 11.6 Å². The number of morpholine rings is 1. The molecule has 2 aliphatic heterocycles. The van der Waals surface area contributed by atoms with Crippen LogP contribution in [0.5, 0.6) is 0 Å². The average Bonchev–Trinajstić information content (AvgIpc) is 2.79. The van der Waals surface area contributed by atoms with Crippen LogP contribution in [-0.2, 0) is 11.2 Å². The number of rotatable bonds is 4. The molecule has 1 aromatic heterocycles. The Kier molecular flexibility index (Phi) is 6.62. The number of carbonyl (C=O) groups excluding carboxylic acids is 1. The van der Waals surface area contributed by atoms with Gasteiger partial charge in [0.1, 0.15) is 17.6 Å². The number of benzene rings is 1. The normalized spacial score (nSPS) is 21.6. The van der Waals surface area contributed by atoms with Gasteiger partial charge in [0.2, 0.25) is 5.95 Å². The summed E-state index contributed by atoms with van der Waals surface area (Å²) in [5.74, 6) is -0.373. The molecule has 1 fully saturated rings. The van der Waals surface area contributed by atoms with Crippen molar-refractivity contribution in [1.82, 2.24) is 14.9 Å². The van der Waals surface area contributed by atoms with E-state index in [-0.39, 0.29) is 23.7 Å². The van der Waals surface area contributed by atoms with Crippen molar-refractivity contribution in [1.29, 1.82) is 0 Å². The van der Waals surface area contributed by atoms with Crippen LogP contribution in [0.1, 0.15) is 23.0 Å². The molecule has 0 spiro atoms. The summed E-state index contributed by atoms with van der Waals surface area (Å²) in [4.78, 5) is 30.0. The maximum absolute atomic E-state index is 14.9. The summed E-state index contributed by atoms with van der Waals surface area (Å²) < 4.78 is 21.0. The first-order chi connectivity index (χ1) is 15.8. The van der Waals surface area contributed by atoms with Crippen LogP contribution in [0.3, 0.4) is 0 Å². The number of likely N-dealkylation sites (N-methyl/N-ethyl adjacent to an activating group) is 1. The van der Waals surface area contributed by atoms with Crippen molar-refractivity contribution in [3.63, 3.8) is 0 Å². The molecule has 33 heavy (non-hydrogen) atoms. The number of anilines is 1. The lowest BCUT2D eigenvalue weighted by Gasteiger charge is -2.38. The number of amides is 1. The third kappa shape index (κ3) is 4.56. The SMILES string of the molecule is CN=C/C(=C\N)[C@H]1CN(c2nc3c(c(-c4ccc(Cl)cc4F)n2)CCN(C)C3=O)C[C@@H](C)O1. The van der Waals surface area contributed by atoms with Gasteiger partial charge in [-0.1, -0.05) is 11.6 Å². The predicted molar refractivity (Wildman–Crippen MR) is 126 cm³/mol. The average molecular weight is 473 g/mol. The van der Waals surface area contributed by atoms with Gasteiger partial charge in [-0.15, -0.1) is 0 Å². The highest BCUT2D eigenvalue weighted by Gasteiger charge is 2.33. The maximum Gasteiger partial charge on any atom is 0.272 e. The maximum atomic E-state index is 14.9. The van der Waals surface area contributed by atoms with E-state index in [1.807, 2.05) is 11.8 Å². The van der Waals surface area contributed by atoms with Crippen LogP contribution < -0.4 is 10.6 Å². The fraction of sp³-hybridized carbons (Fsp3) is 0.391. The van der Waals surface area contributed by atoms with Gasteiger partial charge in [0.25, 0.3) is 5.91 Å². The fourth-order valence-electron chi connectivity index (χ4n) is 4.17. The molecule has 0 aliphatic carbocycles. The first-order valence-electron chi connectivity index (χ1n) is 10.7. The van der Waals surface area contributed by atoms with E-state index in [4.69, 9.17) is 27.1 Å². The minimum atomic E-state index is -0.499. The summed E-state index contributed by atoms with van der Waals surface area (Å²) in [6.45, 7) is 3.36. The summed E-state index contributed by atoms with van der Waals surface area (Å²) in [5, 5.41) is 0.291. The highest BCUT2D eigenvalue weighted by molar-refractivity contribution is 6.30. The number of aromatic nitrogens is 2. The molecule has 8 nitrogen and oxygen atoms in total. The molecule has 174 valence electrons. The number of nitrogens with two attached hydrogens (primary N) is 1. The largest absolute Gasteiger partial charge is 0.404 e. The third-order valence-corrected chi connectivity index (χ3v) is 6.05. The van der Waals surface area contributed by atoms with Crippen molar-refractivity contribution in [2.45, 2.75) is 25.6 Å². The first kappa shape index (κ1) is 23.1. The molecular weight excluding hydrogens is 447 g/mol. The number of carbonyl (C=O) groups is 1. The molecular formula is C23H26ClFN6O2. The van der Waals surface area contributed by atoms with Crippen molar-refractivity contribution in [3.05, 3.63) is 52.1 Å². The predicted octanol–water partition coefficient (Wildman–Crippen LogP) is 2.70. The lowest BCUT2D eigenvalue weighted by molar-refractivity contribution is 0.00664. The fourth-order valence-corrected chi connectivity index (χ4v) is 4.33. The molecule has 1 amide bonds. The van der Waals surface area contributed by atoms with Crippen molar-refractivity contribution < 1.29 is 13.9 Å². The Bertz CT molecular complexity index is 1140. The number of nitrogens with zero attached hydrogens (tertiary/aromatic N) is 5. The van der Waals surface area contributed by atoms with Gasteiger partial charge in [-0.25, -0.2) is 14.4 Å². The quantitative estimate of drug-likeness (QED) is 0.687. The van der Waals surface area contributed by atoms with E-state index < -0.39 is 5.82 Å². The van der Waals surface area contributed by atoms with Crippen LogP contribution in [-0.4, -0.2) is 72.9 Å². The second-order valence-corrected chi connectivity index (χ2v) is 8.63. The first-order valence-corrected chi connectivity index (χ1v) is 11.1. The molecule has 0 bridgehead atoms. The molecule has 2 atom stereocenters. The topological polar surface area (TPSA) is 96.9 Å². The smallest absolute Gasteiger partial charge is 0.272 e. The molecule has 2 aromatic rings. The van der Waals surface area contributed by atoms with Crippen LogP contribution in [0, 0.1) is 5.82 Å². The lowest BCUT2D eigenvalue weighted by Crippen LogP contribution is -2.48. The van der Waals surface area contributed by atoms with E-state index in [2.05, 4.69) is 9.98 Å². The van der Waals surface area contributed by atoms with Gasteiger partial charge in [0, 0.05) is 61.3 Å². The minimum Gasteiger partial charge on any atom is -0.404 e. The number of hydrogen-bond donors (Lipinski definition) is 1. The summed E-state index contributed by atoms with van der Waals surface area (Å²) in [5.41, 5.74) is 8.14.